The van der Waals surface area contributed by atoms with Gasteiger partial charge in [-0.15, -0.1) is 0 Å². The highest BCUT2D eigenvalue weighted by atomic mass is 16.6. The van der Waals surface area contributed by atoms with Crippen LogP contribution in [0.5, 0.6) is 0 Å². The highest BCUT2D eigenvalue weighted by Gasteiger charge is 2.17. The number of nitrogens with zero attached hydrogens (tertiary/aromatic N) is 1. The third kappa shape index (κ3) is 5.38. The summed E-state index contributed by atoms with van der Waals surface area (Å²) >= 11 is 0. The highest BCUT2D eigenvalue weighted by Crippen LogP contribution is 2.15. The fraction of sp³-hybridized carbons (Fsp3) is 0.588. The summed E-state index contributed by atoms with van der Waals surface area (Å²) < 4.78 is 5.35. The molecule has 0 bridgehead atoms. The molecule has 4 nitrogen and oxygen atoms in total. The first-order valence-corrected chi connectivity index (χ1v) is 7.74. The molecule has 1 heterocycles. The molecule has 0 saturated carbocycles. The highest BCUT2D eigenvalue weighted by molar-refractivity contribution is 5.90. The Kier molecular flexibility index (Phi) is 5.23. The van der Waals surface area contributed by atoms with Gasteiger partial charge in [-0.1, -0.05) is 0 Å². The topological polar surface area (TPSA) is 41.6 Å². The van der Waals surface area contributed by atoms with Gasteiger partial charge in [0.1, 0.15) is 5.60 Å². The van der Waals surface area contributed by atoms with Crippen LogP contribution in [0.15, 0.2) is 24.3 Å². The average Bonchev–Trinajstić information content (AvgIpc) is 2.91. The fourth-order valence-electron chi connectivity index (χ4n) is 2.43. The zero-order chi connectivity index (χ0) is 15.3. The Morgan fingerprint density at radius 3 is 2.38 bits per heavy atom. The van der Waals surface area contributed by atoms with E-state index in [1.54, 1.807) is 0 Å². The molecule has 1 saturated heterocycles. The van der Waals surface area contributed by atoms with Crippen molar-refractivity contribution in [2.75, 3.05) is 31.5 Å². The van der Waals surface area contributed by atoms with Gasteiger partial charge in [-0.05, 0) is 71.0 Å². The molecular weight excluding hydrogens is 264 g/mol. The van der Waals surface area contributed by atoms with Crippen molar-refractivity contribution in [2.24, 2.45) is 0 Å². The number of likely N-dealkylation sites (tertiary alicyclic amines) is 1. The van der Waals surface area contributed by atoms with Crippen molar-refractivity contribution >= 4 is 11.7 Å². The van der Waals surface area contributed by atoms with E-state index in [1.807, 2.05) is 45.0 Å². The molecular formula is C17H26N2O2. The summed E-state index contributed by atoms with van der Waals surface area (Å²) in [5.41, 5.74) is 1.18. The van der Waals surface area contributed by atoms with E-state index in [0.29, 0.717) is 5.56 Å². The summed E-state index contributed by atoms with van der Waals surface area (Å²) in [4.78, 5) is 14.4. The van der Waals surface area contributed by atoms with Crippen LogP contribution in [0.1, 0.15) is 44.0 Å². The molecule has 1 N–H and O–H groups in total. The Bertz CT molecular complexity index is 457. The molecule has 0 aliphatic carbocycles. The summed E-state index contributed by atoms with van der Waals surface area (Å²) in [6.07, 6.45) is 2.65. The van der Waals surface area contributed by atoms with Crippen LogP contribution < -0.4 is 5.32 Å². The summed E-state index contributed by atoms with van der Waals surface area (Å²) in [6.45, 7) is 10.1. The molecule has 0 amide bonds. The third-order valence-electron chi connectivity index (χ3n) is 3.48. The molecule has 21 heavy (non-hydrogen) atoms. The van der Waals surface area contributed by atoms with Crippen LogP contribution in [0, 0.1) is 0 Å². The van der Waals surface area contributed by atoms with E-state index in [4.69, 9.17) is 4.74 Å². The second-order valence-electron chi connectivity index (χ2n) is 6.55. The van der Waals surface area contributed by atoms with E-state index < -0.39 is 5.60 Å². The smallest absolute Gasteiger partial charge is 0.338 e. The fourth-order valence-corrected chi connectivity index (χ4v) is 2.43. The van der Waals surface area contributed by atoms with E-state index in [1.165, 1.54) is 25.9 Å². The quantitative estimate of drug-likeness (QED) is 0.846. The van der Waals surface area contributed by atoms with Crippen LogP contribution in [0.4, 0.5) is 5.69 Å². The molecule has 116 valence electrons. The number of benzene rings is 1. The van der Waals surface area contributed by atoms with Gasteiger partial charge in [0.25, 0.3) is 0 Å². The molecule has 2 rings (SSSR count). The Hall–Kier alpha value is -1.55. The Morgan fingerprint density at radius 2 is 1.81 bits per heavy atom. The van der Waals surface area contributed by atoms with Gasteiger partial charge in [0.05, 0.1) is 5.56 Å². The lowest BCUT2D eigenvalue weighted by Gasteiger charge is -2.19. The number of hydrogen-bond acceptors (Lipinski definition) is 4. The van der Waals surface area contributed by atoms with Crippen molar-refractivity contribution in [3.05, 3.63) is 29.8 Å². The number of hydrogen-bond donors (Lipinski definition) is 1. The van der Waals surface area contributed by atoms with Gasteiger partial charge >= 0.3 is 5.97 Å². The maximum Gasteiger partial charge on any atom is 0.338 e. The first kappa shape index (κ1) is 15.8. The second kappa shape index (κ2) is 6.94. The normalized spacial score (nSPS) is 16.0. The standard InChI is InChI=1S/C17H26N2O2/c1-17(2,3)21-16(20)14-6-8-15(9-7-14)18-10-13-19-11-4-5-12-19/h6-9,18H,4-5,10-13H2,1-3H3. The number of rotatable bonds is 5. The molecule has 1 aliphatic heterocycles. The van der Waals surface area contributed by atoms with Gasteiger partial charge in [0.2, 0.25) is 0 Å². The molecule has 0 spiro atoms. The Morgan fingerprint density at radius 1 is 1.19 bits per heavy atom. The van der Waals surface area contributed by atoms with E-state index in [9.17, 15) is 4.79 Å². The summed E-state index contributed by atoms with van der Waals surface area (Å²) in [5.74, 6) is -0.272. The maximum absolute atomic E-state index is 11.9. The van der Waals surface area contributed by atoms with Gasteiger partial charge in [0, 0.05) is 18.8 Å². The van der Waals surface area contributed by atoms with Crippen LogP contribution in [-0.2, 0) is 4.74 Å². The zero-order valence-corrected chi connectivity index (χ0v) is 13.3. The maximum atomic E-state index is 11.9. The number of carbonyl (C=O) groups excluding carboxylic acids is 1. The van der Waals surface area contributed by atoms with Gasteiger partial charge < -0.3 is 15.0 Å². The molecule has 0 atom stereocenters. The molecule has 1 aliphatic rings. The minimum absolute atomic E-state index is 0.272. The molecule has 0 unspecified atom stereocenters. The van der Waals surface area contributed by atoms with Crippen molar-refractivity contribution in [1.29, 1.82) is 0 Å². The van der Waals surface area contributed by atoms with E-state index >= 15 is 0 Å². The predicted molar refractivity (Wildman–Crippen MR) is 85.8 cm³/mol. The van der Waals surface area contributed by atoms with Crippen molar-refractivity contribution in [3.63, 3.8) is 0 Å². The van der Waals surface area contributed by atoms with Crippen LogP contribution in [0.3, 0.4) is 0 Å². The zero-order valence-electron chi connectivity index (χ0n) is 13.3. The van der Waals surface area contributed by atoms with Crippen molar-refractivity contribution in [3.8, 4) is 0 Å². The third-order valence-corrected chi connectivity index (χ3v) is 3.48. The Labute approximate surface area is 127 Å². The lowest BCUT2D eigenvalue weighted by molar-refractivity contribution is 0.00696. The predicted octanol–water partition coefficient (Wildman–Crippen LogP) is 3.15. The number of anilines is 1. The van der Waals surface area contributed by atoms with Gasteiger partial charge in [-0.25, -0.2) is 4.79 Å². The molecule has 1 aromatic carbocycles. The lowest BCUT2D eigenvalue weighted by Crippen LogP contribution is -2.26. The summed E-state index contributed by atoms with van der Waals surface area (Å²) in [5, 5.41) is 3.39. The van der Waals surface area contributed by atoms with Gasteiger partial charge in [-0.3, -0.25) is 0 Å². The largest absolute Gasteiger partial charge is 0.456 e. The SMILES string of the molecule is CC(C)(C)OC(=O)c1ccc(NCCN2CCCC2)cc1. The summed E-state index contributed by atoms with van der Waals surface area (Å²) in [6, 6.07) is 7.49. The molecule has 1 aromatic rings. The number of nitrogens with one attached hydrogen (secondary N) is 1. The molecule has 4 heteroatoms. The number of esters is 1. The number of carbonyl (C=O) groups is 1. The molecule has 0 radical (unpaired) electrons. The lowest BCUT2D eigenvalue weighted by atomic mass is 10.1. The van der Waals surface area contributed by atoms with Crippen LogP contribution >= 0.6 is 0 Å². The van der Waals surface area contributed by atoms with E-state index in [-0.39, 0.29) is 5.97 Å². The minimum Gasteiger partial charge on any atom is -0.456 e. The second-order valence-corrected chi connectivity index (χ2v) is 6.55. The first-order valence-electron chi connectivity index (χ1n) is 7.74. The average molecular weight is 290 g/mol. The monoisotopic (exact) mass is 290 g/mol. The van der Waals surface area contributed by atoms with E-state index in [2.05, 4.69) is 10.2 Å². The van der Waals surface area contributed by atoms with Crippen LogP contribution in [0.2, 0.25) is 0 Å². The van der Waals surface area contributed by atoms with Crippen LogP contribution in [0.25, 0.3) is 0 Å². The molecule has 1 fully saturated rings. The molecule has 0 aromatic heterocycles. The van der Waals surface area contributed by atoms with Gasteiger partial charge in [0.15, 0.2) is 0 Å². The Balaban J connectivity index is 1.79. The minimum atomic E-state index is -0.455. The van der Waals surface area contributed by atoms with Crippen molar-refractivity contribution in [2.45, 2.75) is 39.2 Å². The van der Waals surface area contributed by atoms with Crippen molar-refractivity contribution < 1.29 is 9.53 Å². The number of ether oxygens (including phenoxy) is 1. The first-order chi connectivity index (χ1) is 9.94. The van der Waals surface area contributed by atoms with Crippen LogP contribution in [-0.4, -0.2) is 42.6 Å². The van der Waals surface area contributed by atoms with Gasteiger partial charge in [-0.2, -0.15) is 0 Å². The van der Waals surface area contributed by atoms with E-state index in [0.717, 1.165) is 18.8 Å². The summed E-state index contributed by atoms with van der Waals surface area (Å²) in [7, 11) is 0. The van der Waals surface area contributed by atoms with Crippen molar-refractivity contribution in [1.82, 2.24) is 4.90 Å².